The molecule has 0 spiro atoms. The molecule has 1 N–H and O–H groups in total. The highest BCUT2D eigenvalue weighted by Crippen LogP contribution is 2.11. The Balaban J connectivity index is 3.46. The lowest BCUT2D eigenvalue weighted by molar-refractivity contribution is -0.109. The second-order valence-electron chi connectivity index (χ2n) is 3.58. The van der Waals surface area contributed by atoms with Crippen LogP contribution in [0.5, 0.6) is 0 Å². The predicted molar refractivity (Wildman–Crippen MR) is 56.8 cm³/mol. The van der Waals surface area contributed by atoms with Crippen LogP contribution in [0.4, 0.5) is 0 Å². The van der Waals surface area contributed by atoms with Crippen LogP contribution < -0.4 is 5.32 Å². The summed E-state index contributed by atoms with van der Waals surface area (Å²) in [7, 11) is 0. The normalized spacial score (nSPS) is 13.2. The minimum atomic E-state index is 0.0642. The quantitative estimate of drug-likeness (QED) is 0.588. The third-order valence-electron chi connectivity index (χ3n) is 2.72. The van der Waals surface area contributed by atoms with Gasteiger partial charge in [0, 0.05) is 0 Å². The minimum absolute atomic E-state index is 0.0642. The van der Waals surface area contributed by atoms with Crippen molar-refractivity contribution >= 4 is 6.29 Å². The summed E-state index contributed by atoms with van der Waals surface area (Å²) in [6.45, 7) is 7.46. The molecule has 0 aliphatic heterocycles. The molecule has 0 amide bonds. The maximum atomic E-state index is 10.5. The van der Waals surface area contributed by atoms with Gasteiger partial charge in [0.1, 0.15) is 6.29 Å². The molecule has 0 saturated carbocycles. The molecule has 13 heavy (non-hydrogen) atoms. The molecule has 2 nitrogen and oxygen atoms in total. The summed E-state index contributed by atoms with van der Waals surface area (Å²) in [4.78, 5) is 10.5. The van der Waals surface area contributed by atoms with Gasteiger partial charge >= 0.3 is 0 Å². The largest absolute Gasteiger partial charge is 0.308 e. The zero-order valence-corrected chi connectivity index (χ0v) is 9.18. The summed E-state index contributed by atoms with van der Waals surface area (Å²) < 4.78 is 0. The average molecular weight is 185 g/mol. The Morgan fingerprint density at radius 1 is 1.15 bits per heavy atom. The molecule has 0 aromatic carbocycles. The molecule has 0 saturated heterocycles. The molecular weight excluding hydrogens is 162 g/mol. The van der Waals surface area contributed by atoms with Gasteiger partial charge in [0.15, 0.2) is 0 Å². The molecule has 0 aliphatic rings. The number of carbonyl (C=O) groups is 1. The molecule has 0 aromatic heterocycles. The Morgan fingerprint density at radius 3 is 2.15 bits per heavy atom. The zero-order valence-electron chi connectivity index (χ0n) is 9.18. The standard InChI is InChI=1S/C11H23NO/c1-4-10(5-2)7-8-12-11(6-3)9-13/h9-12H,4-8H2,1-3H3. The summed E-state index contributed by atoms with van der Waals surface area (Å²) in [5.41, 5.74) is 0. The molecule has 0 rings (SSSR count). The van der Waals surface area contributed by atoms with Crippen LogP contribution in [0, 0.1) is 5.92 Å². The van der Waals surface area contributed by atoms with Crippen molar-refractivity contribution in [2.45, 2.75) is 52.5 Å². The number of nitrogens with one attached hydrogen (secondary N) is 1. The van der Waals surface area contributed by atoms with E-state index in [2.05, 4.69) is 19.2 Å². The molecule has 1 atom stereocenters. The van der Waals surface area contributed by atoms with Gasteiger partial charge in [-0.1, -0.05) is 33.6 Å². The second-order valence-corrected chi connectivity index (χ2v) is 3.58. The van der Waals surface area contributed by atoms with E-state index < -0.39 is 0 Å². The van der Waals surface area contributed by atoms with Crippen LogP contribution >= 0.6 is 0 Å². The molecule has 0 bridgehead atoms. The van der Waals surface area contributed by atoms with E-state index in [1.807, 2.05) is 6.92 Å². The fourth-order valence-electron chi connectivity index (χ4n) is 1.46. The Kier molecular flexibility index (Phi) is 8.00. The van der Waals surface area contributed by atoms with Crippen LogP contribution in [-0.4, -0.2) is 18.9 Å². The van der Waals surface area contributed by atoms with Gasteiger partial charge in [-0.15, -0.1) is 0 Å². The van der Waals surface area contributed by atoms with Crippen molar-refractivity contribution in [1.29, 1.82) is 0 Å². The van der Waals surface area contributed by atoms with Crippen molar-refractivity contribution in [2.24, 2.45) is 5.92 Å². The van der Waals surface area contributed by atoms with Gasteiger partial charge in [-0.25, -0.2) is 0 Å². The first-order valence-electron chi connectivity index (χ1n) is 5.47. The Morgan fingerprint density at radius 2 is 1.77 bits per heavy atom. The molecule has 1 unspecified atom stereocenters. The van der Waals surface area contributed by atoms with Crippen molar-refractivity contribution in [3.05, 3.63) is 0 Å². The van der Waals surface area contributed by atoms with Crippen molar-refractivity contribution in [3.63, 3.8) is 0 Å². The third kappa shape index (κ3) is 5.81. The van der Waals surface area contributed by atoms with Crippen molar-refractivity contribution in [1.82, 2.24) is 5.32 Å². The van der Waals surface area contributed by atoms with Crippen LogP contribution in [0.15, 0.2) is 0 Å². The summed E-state index contributed by atoms with van der Waals surface area (Å²) in [6.07, 6.45) is 5.59. The summed E-state index contributed by atoms with van der Waals surface area (Å²) in [6, 6.07) is 0.0642. The number of aldehydes is 1. The summed E-state index contributed by atoms with van der Waals surface area (Å²) in [5, 5.41) is 3.25. The van der Waals surface area contributed by atoms with E-state index >= 15 is 0 Å². The van der Waals surface area contributed by atoms with Crippen LogP contribution in [0.2, 0.25) is 0 Å². The van der Waals surface area contributed by atoms with Gasteiger partial charge in [0.05, 0.1) is 6.04 Å². The molecule has 0 radical (unpaired) electrons. The van der Waals surface area contributed by atoms with Crippen molar-refractivity contribution in [3.8, 4) is 0 Å². The summed E-state index contributed by atoms with van der Waals surface area (Å²) in [5.74, 6) is 0.816. The zero-order chi connectivity index (χ0) is 10.1. The first-order chi connectivity index (χ1) is 6.28. The lowest BCUT2D eigenvalue weighted by Crippen LogP contribution is -2.31. The van der Waals surface area contributed by atoms with E-state index in [0.29, 0.717) is 0 Å². The highest BCUT2D eigenvalue weighted by molar-refractivity contribution is 5.57. The molecule has 0 heterocycles. The van der Waals surface area contributed by atoms with Gasteiger partial charge in [-0.05, 0) is 25.3 Å². The van der Waals surface area contributed by atoms with Gasteiger partial charge in [0.25, 0.3) is 0 Å². The van der Waals surface area contributed by atoms with E-state index in [-0.39, 0.29) is 6.04 Å². The molecule has 0 fully saturated rings. The van der Waals surface area contributed by atoms with Crippen LogP contribution in [0.3, 0.4) is 0 Å². The molecule has 0 aromatic rings. The molecule has 0 aliphatic carbocycles. The molecule has 78 valence electrons. The van der Waals surface area contributed by atoms with Crippen molar-refractivity contribution in [2.75, 3.05) is 6.54 Å². The Labute approximate surface area is 82.1 Å². The van der Waals surface area contributed by atoms with E-state index in [4.69, 9.17) is 0 Å². The number of carbonyl (C=O) groups excluding carboxylic acids is 1. The fourth-order valence-corrected chi connectivity index (χ4v) is 1.46. The number of hydrogen-bond acceptors (Lipinski definition) is 2. The van der Waals surface area contributed by atoms with Crippen LogP contribution in [-0.2, 0) is 4.79 Å². The maximum absolute atomic E-state index is 10.5. The lowest BCUT2D eigenvalue weighted by Gasteiger charge is -2.14. The van der Waals surface area contributed by atoms with Gasteiger partial charge in [-0.3, -0.25) is 0 Å². The predicted octanol–water partition coefficient (Wildman–Crippen LogP) is 2.38. The first-order valence-corrected chi connectivity index (χ1v) is 5.47. The molecule has 2 heteroatoms. The third-order valence-corrected chi connectivity index (χ3v) is 2.72. The monoisotopic (exact) mass is 185 g/mol. The van der Waals surface area contributed by atoms with E-state index in [1.165, 1.54) is 19.3 Å². The number of hydrogen-bond donors (Lipinski definition) is 1. The van der Waals surface area contributed by atoms with Crippen LogP contribution in [0.1, 0.15) is 46.5 Å². The van der Waals surface area contributed by atoms with E-state index in [0.717, 1.165) is 25.2 Å². The van der Waals surface area contributed by atoms with Crippen molar-refractivity contribution < 1.29 is 4.79 Å². The highest BCUT2D eigenvalue weighted by Gasteiger charge is 2.05. The Bertz CT molecular complexity index is 121. The Hall–Kier alpha value is -0.370. The minimum Gasteiger partial charge on any atom is -0.308 e. The van der Waals surface area contributed by atoms with Crippen LogP contribution in [0.25, 0.3) is 0 Å². The average Bonchev–Trinajstić information content (AvgIpc) is 2.19. The SMILES string of the molecule is CCC(CC)CCNC(C=O)CC. The van der Waals surface area contributed by atoms with Gasteiger partial charge in [-0.2, -0.15) is 0 Å². The highest BCUT2D eigenvalue weighted by atomic mass is 16.1. The topological polar surface area (TPSA) is 29.1 Å². The van der Waals surface area contributed by atoms with Gasteiger partial charge < -0.3 is 10.1 Å². The van der Waals surface area contributed by atoms with Gasteiger partial charge in [0.2, 0.25) is 0 Å². The number of rotatable bonds is 8. The maximum Gasteiger partial charge on any atom is 0.136 e. The lowest BCUT2D eigenvalue weighted by atomic mass is 9.99. The second kappa shape index (κ2) is 8.24. The molecular formula is C11H23NO. The summed E-state index contributed by atoms with van der Waals surface area (Å²) >= 11 is 0. The van der Waals surface area contributed by atoms with E-state index in [9.17, 15) is 4.79 Å². The van der Waals surface area contributed by atoms with E-state index in [1.54, 1.807) is 0 Å². The fraction of sp³-hybridized carbons (Fsp3) is 0.909. The first kappa shape index (κ1) is 12.6. The smallest absolute Gasteiger partial charge is 0.136 e.